The van der Waals surface area contributed by atoms with Gasteiger partial charge in [-0.15, -0.1) is 13.2 Å². The Morgan fingerprint density at radius 3 is 2.43 bits per heavy atom. The predicted molar refractivity (Wildman–Crippen MR) is 147 cm³/mol. The topological polar surface area (TPSA) is 90.4 Å². The summed E-state index contributed by atoms with van der Waals surface area (Å²) in [6, 6.07) is -1.53. The number of amides is 3. The highest BCUT2D eigenvalue weighted by Gasteiger charge is 2.77. The van der Waals surface area contributed by atoms with Crippen molar-refractivity contribution >= 4 is 33.7 Å². The summed E-state index contributed by atoms with van der Waals surface area (Å²) in [5, 5.41) is 10.4. The largest absolute Gasteiger partial charge is 0.394 e. The zero-order valence-corrected chi connectivity index (χ0v) is 24.5. The lowest BCUT2D eigenvalue weighted by Gasteiger charge is -2.41. The molecule has 1 spiro atoms. The van der Waals surface area contributed by atoms with Crippen LogP contribution in [0.4, 0.5) is 0 Å². The summed E-state index contributed by atoms with van der Waals surface area (Å²) < 4.78 is 6.62. The fourth-order valence-corrected chi connectivity index (χ4v) is 7.68. The SMILES string of the molecule is C=CCN(C)C(=O)[C@H]1[C@@H]2OC3(CC2Br)C(C(=O)N(CC=C)C(C)CCC)N([C@@H](CO)CC(C)C)C(=O)[C@H]13. The number of fused-ring (bicyclic) bond motifs is 1. The Labute approximate surface area is 230 Å². The molecule has 0 aliphatic carbocycles. The van der Waals surface area contributed by atoms with E-state index in [-0.39, 0.29) is 41.1 Å². The third-order valence-corrected chi connectivity index (χ3v) is 9.07. The number of carbonyl (C=O) groups is 3. The standard InChI is InChI=1S/C28H44BrN3O5/c1-8-11-18(6)31(13-10-3)27(36)24-28-15-20(29)23(37-28)21(25(34)30(7)12-9-2)22(28)26(35)32(24)19(16-33)14-17(4)5/h9-10,17-24,33H,2-3,8,11-16H2,1,4-7H3/t18?,19-,20?,21-,22+,23-,24?,28?/m1/s1. The van der Waals surface area contributed by atoms with E-state index < -0.39 is 35.6 Å². The Balaban J connectivity index is 2.15. The summed E-state index contributed by atoms with van der Waals surface area (Å²) in [5.74, 6) is -1.96. The van der Waals surface area contributed by atoms with E-state index in [2.05, 4.69) is 36.0 Å². The number of ether oxygens (including phenoxy) is 1. The lowest BCUT2D eigenvalue weighted by molar-refractivity contribution is -0.153. The van der Waals surface area contributed by atoms with Crippen molar-refractivity contribution in [1.82, 2.24) is 14.7 Å². The molecule has 2 bridgehead atoms. The number of nitrogens with zero attached hydrogens (tertiary/aromatic N) is 3. The van der Waals surface area contributed by atoms with Crippen molar-refractivity contribution in [3.8, 4) is 0 Å². The van der Waals surface area contributed by atoms with Gasteiger partial charge in [-0.25, -0.2) is 0 Å². The van der Waals surface area contributed by atoms with E-state index in [0.717, 1.165) is 12.8 Å². The summed E-state index contributed by atoms with van der Waals surface area (Å²) in [6.07, 6.45) is 5.54. The molecule has 0 aromatic heterocycles. The number of hydrogen-bond acceptors (Lipinski definition) is 5. The van der Waals surface area contributed by atoms with Gasteiger partial charge in [-0.05, 0) is 32.1 Å². The third kappa shape index (κ3) is 5.15. The molecule has 3 aliphatic heterocycles. The van der Waals surface area contributed by atoms with Crippen molar-refractivity contribution in [3.63, 3.8) is 0 Å². The average molecular weight is 583 g/mol. The molecule has 9 heteroatoms. The quantitative estimate of drug-likeness (QED) is 0.267. The van der Waals surface area contributed by atoms with Crippen LogP contribution in [0.15, 0.2) is 25.3 Å². The van der Waals surface area contributed by atoms with Crippen molar-refractivity contribution in [1.29, 1.82) is 0 Å². The second kappa shape index (κ2) is 12.0. The second-order valence-electron chi connectivity index (χ2n) is 11.3. The van der Waals surface area contributed by atoms with Crippen LogP contribution in [0.5, 0.6) is 0 Å². The first kappa shape index (κ1) is 29.8. The molecule has 3 heterocycles. The molecular weight excluding hydrogens is 538 g/mol. The molecule has 3 rings (SSSR count). The summed E-state index contributed by atoms with van der Waals surface area (Å²) in [4.78, 5) is 47.1. The first-order valence-corrected chi connectivity index (χ1v) is 14.4. The molecule has 8 nitrogen and oxygen atoms in total. The van der Waals surface area contributed by atoms with Gasteiger partial charge in [-0.2, -0.15) is 0 Å². The second-order valence-corrected chi connectivity index (χ2v) is 12.5. The molecule has 3 aliphatic rings. The van der Waals surface area contributed by atoms with Gasteiger partial charge in [0.05, 0.1) is 30.6 Å². The highest BCUT2D eigenvalue weighted by molar-refractivity contribution is 9.09. The van der Waals surface area contributed by atoms with Gasteiger partial charge in [0.15, 0.2) is 0 Å². The van der Waals surface area contributed by atoms with Gasteiger partial charge in [0.2, 0.25) is 17.7 Å². The fourth-order valence-electron chi connectivity index (χ4n) is 6.74. The Bertz CT molecular complexity index is 897. The van der Waals surface area contributed by atoms with E-state index in [0.29, 0.717) is 25.9 Å². The highest BCUT2D eigenvalue weighted by atomic mass is 79.9. The van der Waals surface area contributed by atoms with Gasteiger partial charge >= 0.3 is 0 Å². The molecule has 0 saturated carbocycles. The maximum atomic E-state index is 14.5. The van der Waals surface area contributed by atoms with E-state index in [4.69, 9.17) is 4.74 Å². The Morgan fingerprint density at radius 2 is 1.89 bits per heavy atom. The zero-order valence-electron chi connectivity index (χ0n) is 22.9. The predicted octanol–water partition coefficient (Wildman–Crippen LogP) is 2.99. The van der Waals surface area contributed by atoms with Gasteiger partial charge in [0.25, 0.3) is 0 Å². The van der Waals surface area contributed by atoms with Crippen LogP contribution in [0, 0.1) is 17.8 Å². The van der Waals surface area contributed by atoms with E-state index >= 15 is 0 Å². The van der Waals surface area contributed by atoms with Gasteiger partial charge in [-0.1, -0.05) is 55.3 Å². The van der Waals surface area contributed by atoms with E-state index in [1.54, 1.807) is 33.9 Å². The minimum atomic E-state index is -1.14. The normalized spacial score (nSPS) is 31.8. The van der Waals surface area contributed by atoms with Gasteiger partial charge in [-0.3, -0.25) is 14.4 Å². The smallest absolute Gasteiger partial charge is 0.248 e. The van der Waals surface area contributed by atoms with Crippen molar-refractivity contribution in [2.45, 2.75) is 88.0 Å². The summed E-state index contributed by atoms with van der Waals surface area (Å²) in [6.45, 7) is 16.2. The molecule has 3 saturated heterocycles. The van der Waals surface area contributed by atoms with E-state index in [1.807, 2.05) is 20.8 Å². The zero-order chi connectivity index (χ0) is 27.7. The lowest BCUT2D eigenvalue weighted by atomic mass is 9.70. The third-order valence-electron chi connectivity index (χ3n) is 8.22. The number of rotatable bonds is 13. The summed E-state index contributed by atoms with van der Waals surface area (Å²) in [5.41, 5.74) is -1.14. The maximum absolute atomic E-state index is 14.5. The van der Waals surface area contributed by atoms with Crippen molar-refractivity contribution < 1.29 is 24.2 Å². The van der Waals surface area contributed by atoms with Crippen LogP contribution in [0.1, 0.15) is 53.4 Å². The van der Waals surface area contributed by atoms with Crippen molar-refractivity contribution in [2.75, 3.05) is 26.7 Å². The number of alkyl halides is 1. The molecule has 4 unspecified atom stereocenters. The first-order chi connectivity index (χ1) is 17.5. The van der Waals surface area contributed by atoms with E-state index in [9.17, 15) is 19.5 Å². The molecule has 208 valence electrons. The van der Waals surface area contributed by atoms with Crippen LogP contribution in [-0.2, 0) is 19.1 Å². The Morgan fingerprint density at radius 1 is 1.24 bits per heavy atom. The fraction of sp³-hybridized carbons (Fsp3) is 0.750. The minimum Gasteiger partial charge on any atom is -0.394 e. The number of carbonyl (C=O) groups excluding carboxylic acids is 3. The number of halogens is 1. The lowest BCUT2D eigenvalue weighted by Crippen LogP contribution is -2.60. The van der Waals surface area contributed by atoms with Crippen LogP contribution >= 0.6 is 15.9 Å². The molecule has 8 atom stereocenters. The number of aliphatic hydroxyl groups is 1. The first-order valence-electron chi connectivity index (χ1n) is 13.5. The van der Waals surface area contributed by atoms with Crippen LogP contribution in [0.25, 0.3) is 0 Å². The number of likely N-dealkylation sites (N-methyl/N-ethyl adjacent to an activating group) is 1. The summed E-state index contributed by atoms with van der Waals surface area (Å²) in [7, 11) is 1.69. The molecule has 37 heavy (non-hydrogen) atoms. The minimum absolute atomic E-state index is 0.0601. The molecule has 0 radical (unpaired) electrons. The molecule has 0 aromatic rings. The van der Waals surface area contributed by atoms with Crippen LogP contribution in [-0.4, -0.2) is 98.9 Å². The monoisotopic (exact) mass is 581 g/mol. The average Bonchev–Trinajstić information content (AvgIpc) is 3.43. The number of likely N-dealkylation sites (tertiary alicyclic amines) is 1. The summed E-state index contributed by atoms with van der Waals surface area (Å²) >= 11 is 3.72. The number of aliphatic hydroxyl groups excluding tert-OH is 1. The molecule has 0 aromatic carbocycles. The highest BCUT2D eigenvalue weighted by Crippen LogP contribution is 2.61. The van der Waals surface area contributed by atoms with Gasteiger partial charge in [0, 0.05) is 31.0 Å². The Hall–Kier alpha value is -1.71. The molecular formula is C28H44BrN3O5. The maximum Gasteiger partial charge on any atom is 0.248 e. The molecule has 1 N–H and O–H groups in total. The van der Waals surface area contributed by atoms with Gasteiger partial charge < -0.3 is 24.5 Å². The van der Waals surface area contributed by atoms with Crippen LogP contribution in [0.3, 0.4) is 0 Å². The van der Waals surface area contributed by atoms with Crippen molar-refractivity contribution in [2.24, 2.45) is 17.8 Å². The van der Waals surface area contributed by atoms with Crippen molar-refractivity contribution in [3.05, 3.63) is 25.3 Å². The molecule has 3 fully saturated rings. The van der Waals surface area contributed by atoms with Crippen LogP contribution in [0.2, 0.25) is 0 Å². The van der Waals surface area contributed by atoms with Crippen LogP contribution < -0.4 is 0 Å². The van der Waals surface area contributed by atoms with Gasteiger partial charge in [0.1, 0.15) is 11.6 Å². The van der Waals surface area contributed by atoms with E-state index in [1.165, 1.54) is 0 Å². The Kier molecular flexibility index (Phi) is 9.67. The number of hydrogen-bond donors (Lipinski definition) is 1. The molecule has 3 amide bonds.